The smallest absolute Gasteiger partial charge is 0.250 e. The number of anilines is 1. The predicted molar refractivity (Wildman–Crippen MR) is 69.3 cm³/mol. The molecule has 0 unspecified atom stereocenters. The lowest BCUT2D eigenvalue weighted by atomic mass is 10.2. The number of benzene rings is 1. The molecule has 0 aromatic heterocycles. The van der Waals surface area contributed by atoms with Crippen LogP contribution in [0.4, 0.5) is 5.69 Å². The molecular formula is C12H16ClNO4. The monoisotopic (exact) mass is 273 g/mol. The lowest BCUT2D eigenvalue weighted by Crippen LogP contribution is -2.19. The van der Waals surface area contributed by atoms with Gasteiger partial charge in [-0.15, -0.1) is 0 Å². The van der Waals surface area contributed by atoms with Crippen molar-refractivity contribution < 1.29 is 19.4 Å². The number of hydrogen-bond donors (Lipinski definition) is 2. The van der Waals surface area contributed by atoms with Gasteiger partial charge in [0.15, 0.2) is 0 Å². The van der Waals surface area contributed by atoms with E-state index in [1.165, 1.54) is 7.11 Å². The van der Waals surface area contributed by atoms with E-state index in [-0.39, 0.29) is 25.7 Å². The van der Waals surface area contributed by atoms with Crippen LogP contribution >= 0.6 is 11.6 Å². The number of aryl methyl sites for hydroxylation is 1. The Morgan fingerprint density at radius 1 is 1.50 bits per heavy atom. The molecule has 0 aliphatic carbocycles. The second-order valence-electron chi connectivity index (χ2n) is 3.63. The summed E-state index contributed by atoms with van der Waals surface area (Å²) in [5.74, 6) is 0.171. The average Bonchev–Trinajstić information content (AvgIpc) is 2.34. The minimum Gasteiger partial charge on any atom is -0.495 e. The van der Waals surface area contributed by atoms with Crippen LogP contribution in [0.2, 0.25) is 5.02 Å². The van der Waals surface area contributed by atoms with Gasteiger partial charge in [-0.3, -0.25) is 4.79 Å². The van der Waals surface area contributed by atoms with Crippen LogP contribution < -0.4 is 10.1 Å². The molecule has 0 fully saturated rings. The van der Waals surface area contributed by atoms with Gasteiger partial charge in [-0.2, -0.15) is 0 Å². The third-order valence-corrected chi connectivity index (χ3v) is 2.63. The van der Waals surface area contributed by atoms with Gasteiger partial charge in [0.05, 0.1) is 26.0 Å². The van der Waals surface area contributed by atoms with Gasteiger partial charge in [0.2, 0.25) is 5.91 Å². The summed E-state index contributed by atoms with van der Waals surface area (Å²) in [5.41, 5.74) is 1.38. The topological polar surface area (TPSA) is 67.8 Å². The van der Waals surface area contributed by atoms with E-state index in [1.807, 2.05) is 6.92 Å². The first kappa shape index (κ1) is 14.8. The standard InChI is InChI=1S/C12H16ClNO4/c1-8-5-10(11(17-2)6-9(8)13)14-12(16)7-18-4-3-15/h5-6,15H,3-4,7H2,1-2H3,(H,14,16). The second kappa shape index (κ2) is 7.20. The number of carbonyl (C=O) groups is 1. The molecule has 0 aliphatic heterocycles. The molecule has 0 atom stereocenters. The number of aliphatic hydroxyl groups is 1. The highest BCUT2D eigenvalue weighted by Gasteiger charge is 2.10. The van der Waals surface area contributed by atoms with Gasteiger partial charge in [-0.05, 0) is 18.6 Å². The summed E-state index contributed by atoms with van der Waals surface area (Å²) >= 11 is 5.96. The molecular weight excluding hydrogens is 258 g/mol. The number of carbonyl (C=O) groups excluding carboxylic acids is 1. The highest BCUT2D eigenvalue weighted by molar-refractivity contribution is 6.31. The molecule has 0 aliphatic rings. The molecule has 6 heteroatoms. The summed E-state index contributed by atoms with van der Waals surface area (Å²) in [4.78, 5) is 11.5. The fourth-order valence-corrected chi connectivity index (χ4v) is 1.50. The van der Waals surface area contributed by atoms with Crippen LogP contribution in [-0.2, 0) is 9.53 Å². The Hall–Kier alpha value is -1.30. The Balaban J connectivity index is 2.71. The minimum atomic E-state index is -0.316. The molecule has 1 amide bonds. The second-order valence-corrected chi connectivity index (χ2v) is 4.03. The van der Waals surface area contributed by atoms with Crippen molar-refractivity contribution in [1.82, 2.24) is 0 Å². The van der Waals surface area contributed by atoms with Gasteiger partial charge in [-0.25, -0.2) is 0 Å². The van der Waals surface area contributed by atoms with E-state index in [9.17, 15) is 4.79 Å². The van der Waals surface area contributed by atoms with Gasteiger partial charge in [0.25, 0.3) is 0 Å². The van der Waals surface area contributed by atoms with Crippen molar-refractivity contribution in [3.63, 3.8) is 0 Å². The van der Waals surface area contributed by atoms with E-state index in [0.29, 0.717) is 16.5 Å². The van der Waals surface area contributed by atoms with Gasteiger partial charge in [0, 0.05) is 11.1 Å². The number of amides is 1. The molecule has 18 heavy (non-hydrogen) atoms. The number of hydrogen-bond acceptors (Lipinski definition) is 4. The zero-order valence-corrected chi connectivity index (χ0v) is 11.1. The summed E-state index contributed by atoms with van der Waals surface area (Å²) in [5, 5.41) is 11.8. The summed E-state index contributed by atoms with van der Waals surface area (Å²) < 4.78 is 10.0. The molecule has 0 heterocycles. The van der Waals surface area contributed by atoms with Crippen molar-refractivity contribution in [2.75, 3.05) is 32.2 Å². The van der Waals surface area contributed by atoms with Crippen molar-refractivity contribution in [3.8, 4) is 5.75 Å². The number of methoxy groups -OCH3 is 1. The van der Waals surface area contributed by atoms with Crippen LogP contribution in [0, 0.1) is 6.92 Å². The van der Waals surface area contributed by atoms with E-state index in [1.54, 1.807) is 12.1 Å². The number of ether oxygens (including phenoxy) is 2. The number of aliphatic hydroxyl groups excluding tert-OH is 1. The zero-order chi connectivity index (χ0) is 13.5. The number of nitrogens with one attached hydrogen (secondary N) is 1. The first-order valence-electron chi connectivity index (χ1n) is 5.41. The summed E-state index contributed by atoms with van der Waals surface area (Å²) in [6.45, 7) is 1.73. The highest BCUT2D eigenvalue weighted by Crippen LogP contribution is 2.30. The summed E-state index contributed by atoms with van der Waals surface area (Å²) in [6, 6.07) is 3.37. The molecule has 1 aromatic carbocycles. The Bertz CT molecular complexity index is 423. The van der Waals surface area contributed by atoms with Crippen molar-refractivity contribution in [1.29, 1.82) is 0 Å². The first-order chi connectivity index (χ1) is 8.58. The first-order valence-corrected chi connectivity index (χ1v) is 5.79. The maximum absolute atomic E-state index is 11.5. The molecule has 0 bridgehead atoms. The Labute approximate surface area is 111 Å². The van der Waals surface area contributed by atoms with Crippen molar-refractivity contribution >= 4 is 23.2 Å². The Morgan fingerprint density at radius 2 is 2.22 bits per heavy atom. The van der Waals surface area contributed by atoms with Gasteiger partial charge < -0.3 is 19.9 Å². The van der Waals surface area contributed by atoms with Crippen LogP contribution in [-0.4, -0.2) is 37.9 Å². The zero-order valence-electron chi connectivity index (χ0n) is 10.3. The van der Waals surface area contributed by atoms with Crippen molar-refractivity contribution in [2.24, 2.45) is 0 Å². The van der Waals surface area contributed by atoms with E-state index < -0.39 is 0 Å². The highest BCUT2D eigenvalue weighted by atomic mass is 35.5. The molecule has 1 rings (SSSR count). The molecule has 2 N–H and O–H groups in total. The Morgan fingerprint density at radius 3 is 2.83 bits per heavy atom. The molecule has 0 saturated carbocycles. The van der Waals surface area contributed by atoms with Crippen LogP contribution in [0.5, 0.6) is 5.75 Å². The molecule has 0 saturated heterocycles. The average molecular weight is 274 g/mol. The van der Waals surface area contributed by atoms with Crippen LogP contribution in [0.1, 0.15) is 5.56 Å². The maximum atomic E-state index is 11.5. The number of halogens is 1. The largest absolute Gasteiger partial charge is 0.495 e. The quantitative estimate of drug-likeness (QED) is 0.773. The maximum Gasteiger partial charge on any atom is 0.250 e. The normalized spacial score (nSPS) is 10.2. The fraction of sp³-hybridized carbons (Fsp3) is 0.417. The summed E-state index contributed by atoms with van der Waals surface area (Å²) in [7, 11) is 1.50. The third kappa shape index (κ3) is 4.18. The lowest BCUT2D eigenvalue weighted by Gasteiger charge is -2.12. The van der Waals surface area contributed by atoms with E-state index in [0.717, 1.165) is 5.56 Å². The molecule has 100 valence electrons. The lowest BCUT2D eigenvalue weighted by molar-refractivity contribution is -0.120. The summed E-state index contributed by atoms with van der Waals surface area (Å²) in [6.07, 6.45) is 0. The Kier molecular flexibility index (Phi) is 5.91. The predicted octanol–water partition coefficient (Wildman–Crippen LogP) is 1.60. The molecule has 0 radical (unpaired) electrons. The van der Waals surface area contributed by atoms with Crippen LogP contribution in [0.25, 0.3) is 0 Å². The third-order valence-electron chi connectivity index (χ3n) is 2.22. The van der Waals surface area contributed by atoms with Gasteiger partial charge in [0.1, 0.15) is 12.4 Å². The molecule has 1 aromatic rings. The van der Waals surface area contributed by atoms with E-state index in [4.69, 9.17) is 26.2 Å². The van der Waals surface area contributed by atoms with Gasteiger partial charge in [-0.1, -0.05) is 11.6 Å². The molecule has 0 spiro atoms. The van der Waals surface area contributed by atoms with E-state index >= 15 is 0 Å². The van der Waals surface area contributed by atoms with Gasteiger partial charge >= 0.3 is 0 Å². The SMILES string of the molecule is COc1cc(Cl)c(C)cc1NC(=O)COCCO. The minimum absolute atomic E-state index is 0.114. The van der Waals surface area contributed by atoms with Crippen molar-refractivity contribution in [2.45, 2.75) is 6.92 Å². The van der Waals surface area contributed by atoms with Crippen LogP contribution in [0.15, 0.2) is 12.1 Å². The van der Waals surface area contributed by atoms with E-state index in [2.05, 4.69) is 5.32 Å². The van der Waals surface area contributed by atoms with Crippen molar-refractivity contribution in [3.05, 3.63) is 22.7 Å². The molecule has 5 nitrogen and oxygen atoms in total. The van der Waals surface area contributed by atoms with Crippen LogP contribution in [0.3, 0.4) is 0 Å². The number of rotatable bonds is 6. The fourth-order valence-electron chi connectivity index (χ4n) is 1.35.